The van der Waals surface area contributed by atoms with E-state index in [4.69, 9.17) is 4.74 Å². The molecule has 1 atom stereocenters. The Morgan fingerprint density at radius 3 is 2.74 bits per heavy atom. The van der Waals surface area contributed by atoms with E-state index < -0.39 is 0 Å². The van der Waals surface area contributed by atoms with Crippen LogP contribution in [0, 0.1) is 6.92 Å². The smallest absolute Gasteiger partial charge is 0.124 e. The molecular formula is C15H18BrNOS. The minimum Gasteiger partial charge on any atom is -0.496 e. The van der Waals surface area contributed by atoms with Gasteiger partial charge in [-0.05, 0) is 46.9 Å². The number of hydrogen-bond acceptors (Lipinski definition) is 3. The fourth-order valence-corrected chi connectivity index (χ4v) is 3.83. The number of halogens is 1. The third kappa shape index (κ3) is 3.19. The largest absolute Gasteiger partial charge is 0.496 e. The molecule has 102 valence electrons. The molecule has 0 bridgehead atoms. The Hall–Kier alpha value is -0.840. The zero-order valence-corrected chi connectivity index (χ0v) is 13.8. The lowest BCUT2D eigenvalue weighted by molar-refractivity contribution is 0.404. The summed E-state index contributed by atoms with van der Waals surface area (Å²) in [5, 5.41) is 5.65. The number of aryl methyl sites for hydroxylation is 1. The number of nitrogens with one attached hydrogen (secondary N) is 1. The summed E-state index contributed by atoms with van der Waals surface area (Å²) in [6.07, 6.45) is 0. The summed E-state index contributed by atoms with van der Waals surface area (Å²) in [6, 6.07) is 8.56. The van der Waals surface area contributed by atoms with Gasteiger partial charge in [0.15, 0.2) is 0 Å². The van der Waals surface area contributed by atoms with E-state index in [2.05, 4.69) is 58.7 Å². The Balaban J connectivity index is 2.50. The molecule has 0 fully saturated rings. The van der Waals surface area contributed by atoms with Crippen molar-refractivity contribution in [1.82, 2.24) is 5.32 Å². The first-order chi connectivity index (χ1) is 9.17. The molecule has 1 unspecified atom stereocenters. The van der Waals surface area contributed by atoms with Gasteiger partial charge in [0.2, 0.25) is 0 Å². The summed E-state index contributed by atoms with van der Waals surface area (Å²) in [7, 11) is 1.72. The zero-order chi connectivity index (χ0) is 13.8. The van der Waals surface area contributed by atoms with E-state index in [1.807, 2.05) is 6.07 Å². The second kappa shape index (κ2) is 6.55. The summed E-state index contributed by atoms with van der Waals surface area (Å²) < 4.78 is 6.66. The van der Waals surface area contributed by atoms with Crippen molar-refractivity contribution in [2.24, 2.45) is 0 Å². The van der Waals surface area contributed by atoms with Crippen LogP contribution in [0.2, 0.25) is 0 Å². The maximum absolute atomic E-state index is 5.51. The van der Waals surface area contributed by atoms with Crippen molar-refractivity contribution in [3.8, 4) is 5.75 Å². The number of benzene rings is 1. The van der Waals surface area contributed by atoms with Crippen LogP contribution >= 0.6 is 27.3 Å². The number of ether oxygens (including phenoxy) is 1. The van der Waals surface area contributed by atoms with Crippen molar-refractivity contribution in [2.75, 3.05) is 13.7 Å². The number of rotatable bonds is 5. The van der Waals surface area contributed by atoms with Crippen LogP contribution in [-0.4, -0.2) is 13.7 Å². The van der Waals surface area contributed by atoms with Crippen molar-refractivity contribution in [1.29, 1.82) is 0 Å². The molecule has 0 amide bonds. The first-order valence-corrected chi connectivity index (χ1v) is 7.95. The first-order valence-electron chi connectivity index (χ1n) is 6.28. The average molecular weight is 340 g/mol. The van der Waals surface area contributed by atoms with Crippen LogP contribution in [0.15, 0.2) is 34.1 Å². The van der Waals surface area contributed by atoms with Crippen LogP contribution in [0.25, 0.3) is 0 Å². The van der Waals surface area contributed by atoms with Crippen LogP contribution < -0.4 is 10.1 Å². The van der Waals surface area contributed by atoms with Gasteiger partial charge in [-0.1, -0.05) is 24.6 Å². The highest BCUT2D eigenvalue weighted by atomic mass is 79.9. The SMILES string of the molecule is CCNC(c1cc(C)ccc1OC)c1sccc1Br. The van der Waals surface area contributed by atoms with E-state index in [0.717, 1.165) is 16.8 Å². The van der Waals surface area contributed by atoms with Gasteiger partial charge >= 0.3 is 0 Å². The summed E-state index contributed by atoms with van der Waals surface area (Å²) >= 11 is 5.38. The average Bonchev–Trinajstić information content (AvgIpc) is 2.82. The molecule has 2 rings (SSSR count). The van der Waals surface area contributed by atoms with Gasteiger partial charge in [-0.15, -0.1) is 11.3 Å². The molecule has 4 heteroatoms. The summed E-state index contributed by atoms with van der Waals surface area (Å²) in [5.74, 6) is 0.928. The molecule has 0 aliphatic carbocycles. The molecule has 2 aromatic rings. The predicted octanol–water partition coefficient (Wildman–Crippen LogP) is 4.53. The van der Waals surface area contributed by atoms with Gasteiger partial charge in [-0.3, -0.25) is 0 Å². The molecule has 0 spiro atoms. The number of methoxy groups -OCH3 is 1. The Morgan fingerprint density at radius 1 is 1.37 bits per heavy atom. The maximum Gasteiger partial charge on any atom is 0.124 e. The van der Waals surface area contributed by atoms with Crippen LogP contribution in [0.4, 0.5) is 0 Å². The monoisotopic (exact) mass is 339 g/mol. The molecule has 0 radical (unpaired) electrons. The Labute approximate surface area is 126 Å². The van der Waals surface area contributed by atoms with Crippen molar-refractivity contribution < 1.29 is 4.74 Å². The normalized spacial score (nSPS) is 12.4. The lowest BCUT2D eigenvalue weighted by Gasteiger charge is -2.21. The van der Waals surface area contributed by atoms with Gasteiger partial charge < -0.3 is 10.1 Å². The van der Waals surface area contributed by atoms with Crippen LogP contribution in [0.3, 0.4) is 0 Å². The standard InChI is InChI=1S/C15H18BrNOS/c1-4-17-14(15-12(16)7-8-19-15)11-9-10(2)5-6-13(11)18-3/h5-9,14,17H,4H2,1-3H3. The van der Waals surface area contributed by atoms with E-state index in [-0.39, 0.29) is 6.04 Å². The van der Waals surface area contributed by atoms with Crippen molar-refractivity contribution in [2.45, 2.75) is 19.9 Å². The van der Waals surface area contributed by atoms with Gasteiger partial charge in [0.1, 0.15) is 5.75 Å². The second-order valence-electron chi connectivity index (χ2n) is 4.37. The van der Waals surface area contributed by atoms with Crippen molar-refractivity contribution in [3.05, 3.63) is 50.1 Å². The molecule has 1 aromatic heterocycles. The topological polar surface area (TPSA) is 21.3 Å². The molecule has 1 heterocycles. The van der Waals surface area contributed by atoms with Crippen LogP contribution in [0.5, 0.6) is 5.75 Å². The number of hydrogen-bond donors (Lipinski definition) is 1. The molecule has 1 aromatic carbocycles. The van der Waals surface area contributed by atoms with Gasteiger partial charge in [-0.25, -0.2) is 0 Å². The van der Waals surface area contributed by atoms with Crippen LogP contribution in [0.1, 0.15) is 29.0 Å². The van der Waals surface area contributed by atoms with Gasteiger partial charge in [-0.2, -0.15) is 0 Å². The Bertz CT molecular complexity index is 553. The summed E-state index contributed by atoms with van der Waals surface area (Å²) in [5.41, 5.74) is 2.43. The number of thiophene rings is 1. The molecular weight excluding hydrogens is 322 g/mol. The molecule has 0 aliphatic heterocycles. The highest BCUT2D eigenvalue weighted by molar-refractivity contribution is 9.10. The molecule has 0 saturated carbocycles. The van der Waals surface area contributed by atoms with Crippen molar-refractivity contribution >= 4 is 27.3 Å². The molecule has 19 heavy (non-hydrogen) atoms. The Morgan fingerprint density at radius 2 is 2.16 bits per heavy atom. The minimum absolute atomic E-state index is 0.161. The van der Waals surface area contributed by atoms with E-state index in [0.29, 0.717) is 0 Å². The quantitative estimate of drug-likeness (QED) is 0.864. The van der Waals surface area contributed by atoms with Crippen molar-refractivity contribution in [3.63, 3.8) is 0 Å². The third-order valence-electron chi connectivity index (χ3n) is 3.01. The predicted molar refractivity (Wildman–Crippen MR) is 85.3 cm³/mol. The third-order valence-corrected chi connectivity index (χ3v) is 4.95. The molecule has 1 N–H and O–H groups in total. The lowest BCUT2D eigenvalue weighted by atomic mass is 10.0. The van der Waals surface area contributed by atoms with Gasteiger partial charge in [0, 0.05) is 14.9 Å². The lowest BCUT2D eigenvalue weighted by Crippen LogP contribution is -2.22. The fourth-order valence-electron chi connectivity index (χ4n) is 2.14. The molecule has 0 aliphatic rings. The van der Waals surface area contributed by atoms with Crippen LogP contribution in [-0.2, 0) is 0 Å². The molecule has 0 saturated heterocycles. The summed E-state index contributed by atoms with van der Waals surface area (Å²) in [6.45, 7) is 5.14. The fraction of sp³-hybridized carbons (Fsp3) is 0.333. The minimum atomic E-state index is 0.161. The molecule has 2 nitrogen and oxygen atoms in total. The highest BCUT2D eigenvalue weighted by Crippen LogP contribution is 2.37. The Kier molecular flexibility index (Phi) is 5.02. The summed E-state index contributed by atoms with van der Waals surface area (Å²) in [4.78, 5) is 1.28. The highest BCUT2D eigenvalue weighted by Gasteiger charge is 2.20. The van der Waals surface area contributed by atoms with E-state index in [9.17, 15) is 0 Å². The van der Waals surface area contributed by atoms with Gasteiger partial charge in [0.05, 0.1) is 13.2 Å². The van der Waals surface area contributed by atoms with E-state index in [1.165, 1.54) is 16.0 Å². The zero-order valence-electron chi connectivity index (χ0n) is 11.4. The maximum atomic E-state index is 5.51. The van der Waals surface area contributed by atoms with E-state index in [1.54, 1.807) is 18.4 Å². The van der Waals surface area contributed by atoms with Gasteiger partial charge in [0.25, 0.3) is 0 Å². The second-order valence-corrected chi connectivity index (χ2v) is 6.17. The van der Waals surface area contributed by atoms with E-state index >= 15 is 0 Å². The first kappa shape index (κ1) is 14.6.